The maximum absolute atomic E-state index is 13.6. The van der Waals surface area contributed by atoms with Crippen LogP contribution in [0.3, 0.4) is 0 Å². The molecule has 0 radical (unpaired) electrons. The van der Waals surface area contributed by atoms with E-state index >= 15 is 0 Å². The molecule has 1 saturated carbocycles. The van der Waals surface area contributed by atoms with Gasteiger partial charge >= 0.3 is 0 Å². The Balaban J connectivity index is 1.75. The molecule has 0 unspecified atom stereocenters. The van der Waals surface area contributed by atoms with E-state index in [2.05, 4.69) is 19.2 Å². The second kappa shape index (κ2) is 11.1. The van der Waals surface area contributed by atoms with Crippen molar-refractivity contribution in [2.75, 3.05) is 19.6 Å². The number of rotatable bonds is 9. The number of nitrogens with zero attached hydrogens (tertiary/aromatic N) is 1. The Morgan fingerprint density at radius 2 is 1.63 bits per heavy atom. The fourth-order valence-electron chi connectivity index (χ4n) is 3.90. The normalized spacial score (nSPS) is 19.5. The Bertz CT molecular complexity index is 606. The molecule has 1 aromatic rings. The first-order valence-corrected chi connectivity index (χ1v) is 10.4. The first-order chi connectivity index (χ1) is 13.1. The lowest BCUT2D eigenvalue weighted by Crippen LogP contribution is -2.40. The molecule has 2 amide bonds. The molecule has 0 bridgehead atoms. The van der Waals surface area contributed by atoms with Crippen LogP contribution in [-0.2, 0) is 16.0 Å². The van der Waals surface area contributed by atoms with Crippen LogP contribution >= 0.6 is 0 Å². The lowest BCUT2D eigenvalue weighted by molar-refractivity contribution is -0.138. The summed E-state index contributed by atoms with van der Waals surface area (Å²) in [6, 6.07) is 6.66. The summed E-state index contributed by atoms with van der Waals surface area (Å²) in [5, 5.41) is 2.93. The number of hydrogen-bond donors (Lipinski definition) is 1. The van der Waals surface area contributed by atoms with Gasteiger partial charge in [-0.3, -0.25) is 9.59 Å². The molecule has 1 N–H and O–H groups in total. The predicted octanol–water partition coefficient (Wildman–Crippen LogP) is 3.94. The van der Waals surface area contributed by atoms with Gasteiger partial charge in [0.1, 0.15) is 5.82 Å². The third-order valence-electron chi connectivity index (χ3n) is 5.40. The van der Waals surface area contributed by atoms with E-state index in [4.69, 9.17) is 0 Å². The number of hydrogen-bond acceptors (Lipinski definition) is 2. The largest absolute Gasteiger partial charge is 0.356 e. The monoisotopic (exact) mass is 376 g/mol. The van der Waals surface area contributed by atoms with Gasteiger partial charge in [0.25, 0.3) is 0 Å². The topological polar surface area (TPSA) is 49.4 Å². The smallest absolute Gasteiger partial charge is 0.225 e. The summed E-state index contributed by atoms with van der Waals surface area (Å²) >= 11 is 0. The zero-order valence-electron chi connectivity index (χ0n) is 16.7. The molecule has 1 aromatic carbocycles. The Morgan fingerprint density at radius 3 is 2.22 bits per heavy atom. The average Bonchev–Trinajstić information content (AvgIpc) is 2.69. The molecule has 0 saturated heterocycles. The van der Waals surface area contributed by atoms with E-state index in [0.717, 1.165) is 51.6 Å². The van der Waals surface area contributed by atoms with E-state index in [1.54, 1.807) is 18.2 Å². The quantitative estimate of drug-likeness (QED) is 0.710. The van der Waals surface area contributed by atoms with Gasteiger partial charge in [-0.25, -0.2) is 4.39 Å². The third-order valence-corrected chi connectivity index (χ3v) is 5.40. The first kappa shape index (κ1) is 21.4. The number of halogens is 1. The second-order valence-corrected chi connectivity index (χ2v) is 7.51. The van der Waals surface area contributed by atoms with Crippen LogP contribution in [0.15, 0.2) is 24.3 Å². The predicted molar refractivity (Wildman–Crippen MR) is 106 cm³/mol. The van der Waals surface area contributed by atoms with Gasteiger partial charge in [-0.1, -0.05) is 32.0 Å². The summed E-state index contributed by atoms with van der Waals surface area (Å²) in [6.07, 6.45) is 5.54. The van der Waals surface area contributed by atoms with Gasteiger partial charge in [0, 0.05) is 31.5 Å². The van der Waals surface area contributed by atoms with Crippen LogP contribution in [0.4, 0.5) is 4.39 Å². The van der Waals surface area contributed by atoms with Gasteiger partial charge in [0.2, 0.25) is 11.8 Å². The number of amides is 2. The Labute approximate surface area is 162 Å². The van der Waals surface area contributed by atoms with Gasteiger partial charge in [-0.15, -0.1) is 0 Å². The summed E-state index contributed by atoms with van der Waals surface area (Å²) < 4.78 is 13.6. The molecule has 2 rings (SSSR count). The van der Waals surface area contributed by atoms with E-state index in [1.807, 2.05) is 4.90 Å². The van der Waals surface area contributed by atoms with Crippen molar-refractivity contribution in [2.24, 2.45) is 11.8 Å². The van der Waals surface area contributed by atoms with E-state index in [9.17, 15) is 14.0 Å². The highest BCUT2D eigenvalue weighted by atomic mass is 19.1. The van der Waals surface area contributed by atoms with Crippen molar-refractivity contribution >= 4 is 11.8 Å². The fraction of sp³-hybridized carbons (Fsp3) is 0.636. The Kier molecular flexibility index (Phi) is 8.76. The maximum Gasteiger partial charge on any atom is 0.225 e. The summed E-state index contributed by atoms with van der Waals surface area (Å²) in [6.45, 7) is 6.28. The lowest BCUT2D eigenvalue weighted by atomic mass is 9.81. The minimum Gasteiger partial charge on any atom is -0.356 e. The molecule has 1 fully saturated rings. The van der Waals surface area contributed by atoms with Crippen LogP contribution in [0.25, 0.3) is 0 Å². The highest BCUT2D eigenvalue weighted by Crippen LogP contribution is 2.30. The highest BCUT2D eigenvalue weighted by molar-refractivity contribution is 5.81. The third kappa shape index (κ3) is 6.33. The first-order valence-electron chi connectivity index (χ1n) is 10.4. The number of carbonyl (C=O) groups is 2. The number of benzene rings is 1. The highest BCUT2D eigenvalue weighted by Gasteiger charge is 2.31. The fourth-order valence-corrected chi connectivity index (χ4v) is 3.90. The molecule has 1 aliphatic rings. The number of nitrogens with one attached hydrogen (secondary N) is 1. The van der Waals surface area contributed by atoms with Crippen LogP contribution in [0, 0.1) is 17.7 Å². The molecule has 5 heteroatoms. The SMILES string of the molecule is CCCN(CCC)C(=O)C1CCC(C(=O)NCCc2ccccc2F)CC1. The van der Waals surface area contributed by atoms with Crippen molar-refractivity contribution in [3.8, 4) is 0 Å². The van der Waals surface area contributed by atoms with Crippen LogP contribution in [0.1, 0.15) is 57.9 Å². The standard InChI is InChI=1S/C22H33FN2O2/c1-3-15-25(16-4-2)22(27)19-11-9-18(10-12-19)21(26)24-14-13-17-7-5-6-8-20(17)23/h5-8,18-19H,3-4,9-16H2,1-2H3,(H,24,26). The molecule has 4 nitrogen and oxygen atoms in total. The van der Waals surface area contributed by atoms with Gasteiger partial charge in [0.15, 0.2) is 0 Å². The minimum absolute atomic E-state index is 0.0273. The molecule has 0 heterocycles. The van der Waals surface area contributed by atoms with Crippen LogP contribution in [0.2, 0.25) is 0 Å². The molecular weight excluding hydrogens is 343 g/mol. The molecular formula is C22H33FN2O2. The van der Waals surface area contributed by atoms with Crippen LogP contribution in [0.5, 0.6) is 0 Å². The van der Waals surface area contributed by atoms with Gasteiger partial charge in [-0.05, 0) is 56.6 Å². The summed E-state index contributed by atoms with van der Waals surface area (Å²) in [5.74, 6) is 0.105. The van der Waals surface area contributed by atoms with Crippen molar-refractivity contribution in [1.29, 1.82) is 0 Å². The Hall–Kier alpha value is -1.91. The van der Waals surface area contributed by atoms with E-state index < -0.39 is 0 Å². The Morgan fingerprint density at radius 1 is 1.04 bits per heavy atom. The lowest BCUT2D eigenvalue weighted by Gasteiger charge is -2.31. The van der Waals surface area contributed by atoms with Gasteiger partial charge in [-0.2, -0.15) is 0 Å². The second-order valence-electron chi connectivity index (χ2n) is 7.51. The molecule has 0 spiro atoms. The van der Waals surface area contributed by atoms with E-state index in [0.29, 0.717) is 18.5 Å². The van der Waals surface area contributed by atoms with Crippen LogP contribution < -0.4 is 5.32 Å². The molecule has 27 heavy (non-hydrogen) atoms. The molecule has 1 aliphatic carbocycles. The van der Waals surface area contributed by atoms with E-state index in [-0.39, 0.29) is 29.5 Å². The minimum atomic E-state index is -0.227. The van der Waals surface area contributed by atoms with Crippen molar-refractivity contribution in [3.63, 3.8) is 0 Å². The summed E-state index contributed by atoms with van der Waals surface area (Å²) in [7, 11) is 0. The molecule has 0 aliphatic heterocycles. The van der Waals surface area contributed by atoms with Gasteiger partial charge in [0.05, 0.1) is 0 Å². The van der Waals surface area contributed by atoms with Crippen molar-refractivity contribution < 1.29 is 14.0 Å². The maximum atomic E-state index is 13.6. The van der Waals surface area contributed by atoms with Crippen molar-refractivity contribution in [2.45, 2.75) is 58.8 Å². The van der Waals surface area contributed by atoms with Crippen molar-refractivity contribution in [3.05, 3.63) is 35.6 Å². The van der Waals surface area contributed by atoms with E-state index in [1.165, 1.54) is 6.07 Å². The van der Waals surface area contributed by atoms with Gasteiger partial charge < -0.3 is 10.2 Å². The molecule has 150 valence electrons. The van der Waals surface area contributed by atoms with Crippen molar-refractivity contribution in [1.82, 2.24) is 10.2 Å². The zero-order chi connectivity index (χ0) is 19.6. The average molecular weight is 377 g/mol. The van der Waals surface area contributed by atoms with Crippen LogP contribution in [-0.4, -0.2) is 36.3 Å². The summed E-state index contributed by atoms with van der Waals surface area (Å²) in [4.78, 5) is 27.1. The number of carbonyl (C=O) groups excluding carboxylic acids is 2. The molecule has 0 atom stereocenters. The summed E-state index contributed by atoms with van der Waals surface area (Å²) in [5.41, 5.74) is 0.624. The molecule has 0 aromatic heterocycles. The zero-order valence-corrected chi connectivity index (χ0v) is 16.7.